The fourth-order valence-electron chi connectivity index (χ4n) is 3.37. The molecule has 0 saturated carbocycles. The molecule has 3 N–H and O–H groups in total. The van der Waals surface area contributed by atoms with Crippen LogP contribution in [0.4, 0.5) is 16.2 Å². The van der Waals surface area contributed by atoms with Crippen molar-refractivity contribution in [2.24, 2.45) is 5.92 Å². The number of carbonyl (C=O) groups is 3. The van der Waals surface area contributed by atoms with Gasteiger partial charge in [-0.1, -0.05) is 17.7 Å². The molecule has 31 heavy (non-hydrogen) atoms. The maximum Gasteiger partial charge on any atom is 0.319 e. The fourth-order valence-corrected chi connectivity index (χ4v) is 3.50. The number of benzene rings is 2. The lowest BCUT2D eigenvalue weighted by atomic mass is 9.96. The van der Waals surface area contributed by atoms with Gasteiger partial charge in [0.15, 0.2) is 0 Å². The zero-order chi connectivity index (χ0) is 22.2. The summed E-state index contributed by atoms with van der Waals surface area (Å²) >= 11 is 5.89. The summed E-state index contributed by atoms with van der Waals surface area (Å²) in [6, 6.07) is 13.3. The number of likely N-dealkylation sites (tertiary alicyclic amines) is 1. The van der Waals surface area contributed by atoms with Crippen molar-refractivity contribution in [2.75, 3.05) is 30.3 Å². The van der Waals surface area contributed by atoms with Crippen LogP contribution < -0.4 is 16.0 Å². The minimum atomic E-state index is -0.329. The van der Waals surface area contributed by atoms with E-state index in [2.05, 4.69) is 22.5 Å². The Morgan fingerprint density at radius 2 is 1.68 bits per heavy atom. The molecule has 0 radical (unpaired) electrons. The molecule has 2 aromatic carbocycles. The minimum absolute atomic E-state index is 0.0978. The highest BCUT2D eigenvalue weighted by atomic mass is 35.5. The third-order valence-electron chi connectivity index (χ3n) is 4.99. The zero-order valence-electron chi connectivity index (χ0n) is 17.1. The van der Waals surface area contributed by atoms with Gasteiger partial charge in [-0.3, -0.25) is 9.59 Å². The fraction of sp³-hybridized carbons (Fsp3) is 0.261. The summed E-state index contributed by atoms with van der Waals surface area (Å²) in [5, 5.41) is 8.79. The van der Waals surface area contributed by atoms with Gasteiger partial charge in [0.1, 0.15) is 0 Å². The lowest BCUT2D eigenvalue weighted by Crippen LogP contribution is -2.43. The second-order valence-electron chi connectivity index (χ2n) is 7.29. The maximum absolute atomic E-state index is 12.7. The number of rotatable bonds is 6. The number of anilines is 2. The molecule has 0 aromatic heterocycles. The van der Waals surface area contributed by atoms with Gasteiger partial charge in [0, 0.05) is 41.6 Å². The molecule has 0 spiro atoms. The van der Waals surface area contributed by atoms with Crippen molar-refractivity contribution in [2.45, 2.75) is 12.8 Å². The topological polar surface area (TPSA) is 90.5 Å². The number of halogens is 1. The van der Waals surface area contributed by atoms with Crippen LogP contribution in [0.2, 0.25) is 5.02 Å². The number of urea groups is 1. The van der Waals surface area contributed by atoms with Gasteiger partial charge >= 0.3 is 6.03 Å². The van der Waals surface area contributed by atoms with Crippen molar-refractivity contribution in [1.29, 1.82) is 0 Å². The van der Waals surface area contributed by atoms with Gasteiger partial charge in [-0.25, -0.2) is 4.79 Å². The van der Waals surface area contributed by atoms with Gasteiger partial charge < -0.3 is 20.9 Å². The summed E-state index contributed by atoms with van der Waals surface area (Å²) < 4.78 is 0. The van der Waals surface area contributed by atoms with Crippen molar-refractivity contribution in [1.82, 2.24) is 10.2 Å². The van der Waals surface area contributed by atoms with Crippen molar-refractivity contribution in [3.63, 3.8) is 0 Å². The van der Waals surface area contributed by atoms with Crippen LogP contribution in [0.25, 0.3) is 0 Å². The molecule has 7 nitrogen and oxygen atoms in total. The number of carbonyl (C=O) groups excluding carboxylic acids is 3. The molecule has 0 bridgehead atoms. The first-order valence-corrected chi connectivity index (χ1v) is 10.5. The second-order valence-corrected chi connectivity index (χ2v) is 7.72. The number of nitrogens with one attached hydrogen (secondary N) is 3. The Balaban J connectivity index is 1.55. The van der Waals surface area contributed by atoms with E-state index >= 15 is 0 Å². The summed E-state index contributed by atoms with van der Waals surface area (Å²) in [5.74, 6) is -0.509. The Morgan fingerprint density at radius 3 is 2.32 bits per heavy atom. The highest BCUT2D eigenvalue weighted by Gasteiger charge is 2.29. The second kappa shape index (κ2) is 10.6. The predicted octanol–water partition coefficient (Wildman–Crippen LogP) is 4.14. The van der Waals surface area contributed by atoms with E-state index in [0.717, 1.165) is 12.8 Å². The molecule has 162 valence electrons. The van der Waals surface area contributed by atoms with E-state index in [1.807, 2.05) is 0 Å². The summed E-state index contributed by atoms with van der Waals surface area (Å²) in [4.78, 5) is 38.9. The van der Waals surface area contributed by atoms with Gasteiger partial charge in [-0.2, -0.15) is 0 Å². The molecular weight excluding hydrogens is 416 g/mol. The lowest BCUT2D eigenvalue weighted by molar-refractivity contribution is -0.121. The third kappa shape index (κ3) is 6.33. The number of hydrogen-bond acceptors (Lipinski definition) is 3. The van der Waals surface area contributed by atoms with E-state index in [4.69, 9.17) is 11.6 Å². The van der Waals surface area contributed by atoms with Gasteiger partial charge in [-0.15, -0.1) is 6.58 Å². The van der Waals surface area contributed by atoms with Crippen LogP contribution >= 0.6 is 11.6 Å². The van der Waals surface area contributed by atoms with Gasteiger partial charge in [-0.05, 0) is 61.4 Å². The van der Waals surface area contributed by atoms with Crippen molar-refractivity contribution >= 4 is 40.8 Å². The van der Waals surface area contributed by atoms with Crippen LogP contribution in [0, 0.1) is 5.92 Å². The first kappa shape index (κ1) is 22.4. The quantitative estimate of drug-likeness (QED) is 0.589. The van der Waals surface area contributed by atoms with Crippen molar-refractivity contribution in [3.8, 4) is 0 Å². The SMILES string of the molecule is C=CCNC(=O)Nc1ccc(NC(=O)C2CCCN(C(=O)c3ccc(Cl)cc3)C2)cc1. The Hall–Kier alpha value is -3.32. The van der Waals surface area contributed by atoms with Crippen molar-refractivity contribution < 1.29 is 14.4 Å². The Kier molecular flexibility index (Phi) is 7.67. The summed E-state index contributed by atoms with van der Waals surface area (Å²) in [6.45, 7) is 4.91. The molecule has 1 atom stereocenters. The summed E-state index contributed by atoms with van der Waals surface area (Å²) in [6.07, 6.45) is 3.08. The summed E-state index contributed by atoms with van der Waals surface area (Å²) in [5.41, 5.74) is 1.80. The molecule has 1 aliphatic rings. The van der Waals surface area contributed by atoms with Gasteiger partial charge in [0.2, 0.25) is 5.91 Å². The molecule has 1 aliphatic heterocycles. The first-order chi connectivity index (χ1) is 15.0. The van der Waals surface area contributed by atoms with Gasteiger partial charge in [0.05, 0.1) is 5.92 Å². The number of nitrogens with zero attached hydrogens (tertiary/aromatic N) is 1. The average Bonchev–Trinajstić information content (AvgIpc) is 2.79. The number of piperidine rings is 1. The molecule has 1 saturated heterocycles. The van der Waals surface area contributed by atoms with E-state index in [9.17, 15) is 14.4 Å². The maximum atomic E-state index is 12.7. The van der Waals surface area contributed by atoms with Crippen LogP contribution in [0.3, 0.4) is 0 Å². The molecule has 1 fully saturated rings. The molecule has 3 rings (SSSR count). The van der Waals surface area contributed by atoms with E-state index < -0.39 is 0 Å². The normalized spacial score (nSPS) is 15.6. The molecular formula is C23H25ClN4O3. The van der Waals surface area contributed by atoms with E-state index in [0.29, 0.717) is 41.6 Å². The zero-order valence-corrected chi connectivity index (χ0v) is 17.8. The largest absolute Gasteiger partial charge is 0.338 e. The third-order valence-corrected chi connectivity index (χ3v) is 5.24. The molecule has 0 aliphatic carbocycles. The summed E-state index contributed by atoms with van der Waals surface area (Å²) in [7, 11) is 0. The van der Waals surface area contributed by atoms with E-state index in [-0.39, 0.29) is 23.8 Å². The predicted molar refractivity (Wildman–Crippen MR) is 122 cm³/mol. The Labute approximate surface area is 186 Å². The lowest BCUT2D eigenvalue weighted by Gasteiger charge is -2.32. The van der Waals surface area contributed by atoms with Crippen LogP contribution in [-0.2, 0) is 4.79 Å². The van der Waals surface area contributed by atoms with Crippen LogP contribution in [0.1, 0.15) is 23.2 Å². The Morgan fingerprint density at radius 1 is 1.03 bits per heavy atom. The molecule has 4 amide bonds. The van der Waals surface area contributed by atoms with Crippen molar-refractivity contribution in [3.05, 3.63) is 71.8 Å². The van der Waals surface area contributed by atoms with Crippen LogP contribution in [0.5, 0.6) is 0 Å². The standard InChI is InChI=1S/C23H25ClN4O3/c1-2-13-25-23(31)27-20-11-9-19(10-12-20)26-21(29)17-4-3-14-28(15-17)22(30)16-5-7-18(24)8-6-16/h2,5-12,17H,1,3-4,13-15H2,(H,26,29)(H2,25,27,31). The Bertz CT molecular complexity index is 944. The molecule has 1 unspecified atom stereocenters. The number of hydrogen-bond donors (Lipinski definition) is 3. The smallest absolute Gasteiger partial charge is 0.319 e. The monoisotopic (exact) mass is 440 g/mol. The highest BCUT2D eigenvalue weighted by Crippen LogP contribution is 2.22. The van der Waals surface area contributed by atoms with Gasteiger partial charge in [0.25, 0.3) is 5.91 Å². The average molecular weight is 441 g/mol. The highest BCUT2D eigenvalue weighted by molar-refractivity contribution is 6.30. The minimum Gasteiger partial charge on any atom is -0.338 e. The number of amides is 4. The van der Waals surface area contributed by atoms with E-state index in [1.54, 1.807) is 59.5 Å². The van der Waals surface area contributed by atoms with Crippen LogP contribution in [-0.4, -0.2) is 42.4 Å². The molecule has 8 heteroatoms. The molecule has 2 aromatic rings. The molecule has 1 heterocycles. The van der Waals surface area contributed by atoms with E-state index in [1.165, 1.54) is 0 Å². The van der Waals surface area contributed by atoms with Crippen LogP contribution in [0.15, 0.2) is 61.2 Å². The first-order valence-electron chi connectivity index (χ1n) is 10.1.